The number of fused-ring (bicyclic) bond motifs is 8. The van der Waals surface area contributed by atoms with Gasteiger partial charge in [0.1, 0.15) is 0 Å². The number of nitrogens with zero attached hydrogens (tertiary/aromatic N) is 1. The van der Waals surface area contributed by atoms with Gasteiger partial charge in [0.15, 0.2) is 0 Å². The molecule has 0 radical (unpaired) electrons. The van der Waals surface area contributed by atoms with Gasteiger partial charge in [-0.3, -0.25) is 0 Å². The minimum atomic E-state index is 1.10. The van der Waals surface area contributed by atoms with Crippen LogP contribution in [0.2, 0.25) is 0 Å². The third-order valence-electron chi connectivity index (χ3n) is 10.9. The average Bonchev–Trinajstić information content (AvgIpc) is 3.27. The maximum Gasteiger partial charge on any atom is 0.0462 e. The van der Waals surface area contributed by atoms with Gasteiger partial charge in [-0.15, -0.1) is 0 Å². The topological polar surface area (TPSA) is 3.24 Å². The molecule has 0 atom stereocenters. The SMILES string of the molecule is c1ccc(-c2ccc(N(c3ccc(-c4ccccc4)cc3)c3ccc(-c4cccc5c4-c4ccccc4-c4ccccc4-c4ccccc4-5)cc3)cc2)cc1. The van der Waals surface area contributed by atoms with Crippen LogP contribution in [-0.4, -0.2) is 0 Å². The van der Waals surface area contributed by atoms with Crippen LogP contribution in [0, 0.1) is 0 Å². The zero-order valence-corrected chi connectivity index (χ0v) is 30.3. The Hall–Kier alpha value is -7.22. The van der Waals surface area contributed by atoms with Crippen molar-refractivity contribution in [1.82, 2.24) is 0 Å². The molecule has 55 heavy (non-hydrogen) atoms. The average molecular weight is 700 g/mol. The van der Waals surface area contributed by atoms with E-state index in [1.165, 1.54) is 77.9 Å². The van der Waals surface area contributed by atoms with Crippen molar-refractivity contribution >= 4 is 17.1 Å². The molecule has 9 aromatic carbocycles. The van der Waals surface area contributed by atoms with Gasteiger partial charge in [0, 0.05) is 17.1 Å². The van der Waals surface area contributed by atoms with Crippen molar-refractivity contribution in [3.8, 4) is 77.9 Å². The van der Waals surface area contributed by atoms with Crippen LogP contribution in [0.4, 0.5) is 17.1 Å². The van der Waals surface area contributed by atoms with Gasteiger partial charge in [-0.1, -0.05) is 188 Å². The van der Waals surface area contributed by atoms with E-state index in [9.17, 15) is 0 Å². The molecule has 0 aromatic heterocycles. The Morgan fingerprint density at radius 1 is 0.182 bits per heavy atom. The molecule has 0 bridgehead atoms. The van der Waals surface area contributed by atoms with E-state index in [1.807, 2.05) is 0 Å². The van der Waals surface area contributed by atoms with Gasteiger partial charge in [-0.05, 0) is 114 Å². The smallest absolute Gasteiger partial charge is 0.0462 e. The summed E-state index contributed by atoms with van der Waals surface area (Å²) in [5.41, 5.74) is 20.6. The maximum atomic E-state index is 2.35. The van der Waals surface area contributed by atoms with Crippen molar-refractivity contribution < 1.29 is 0 Å². The molecule has 10 rings (SSSR count). The highest BCUT2D eigenvalue weighted by Gasteiger charge is 2.24. The molecule has 1 aliphatic carbocycles. The van der Waals surface area contributed by atoms with E-state index < -0.39 is 0 Å². The van der Waals surface area contributed by atoms with Gasteiger partial charge in [0.25, 0.3) is 0 Å². The Morgan fingerprint density at radius 3 is 0.909 bits per heavy atom. The number of rotatable bonds is 6. The zero-order valence-electron chi connectivity index (χ0n) is 30.3. The van der Waals surface area contributed by atoms with Crippen LogP contribution in [-0.2, 0) is 0 Å². The predicted octanol–water partition coefficient (Wildman–Crippen LogP) is 15.1. The molecule has 0 fully saturated rings. The highest BCUT2D eigenvalue weighted by atomic mass is 15.1. The summed E-state index contributed by atoms with van der Waals surface area (Å²) < 4.78 is 0. The first-order valence-electron chi connectivity index (χ1n) is 18.9. The third-order valence-corrected chi connectivity index (χ3v) is 10.9. The summed E-state index contributed by atoms with van der Waals surface area (Å²) in [5.74, 6) is 0. The summed E-state index contributed by atoms with van der Waals surface area (Å²) in [6, 6.07) is 81.4. The molecule has 1 aliphatic rings. The third kappa shape index (κ3) is 5.93. The second-order valence-corrected chi connectivity index (χ2v) is 14.1. The summed E-state index contributed by atoms with van der Waals surface area (Å²) in [6.07, 6.45) is 0. The van der Waals surface area contributed by atoms with E-state index in [0.717, 1.165) is 17.1 Å². The highest BCUT2D eigenvalue weighted by Crippen LogP contribution is 2.50. The lowest BCUT2D eigenvalue weighted by Gasteiger charge is -2.27. The molecule has 0 saturated heterocycles. The van der Waals surface area contributed by atoms with Crippen LogP contribution in [0.1, 0.15) is 0 Å². The summed E-state index contributed by atoms with van der Waals surface area (Å²) in [4.78, 5) is 2.35. The number of benzene rings is 9. The lowest BCUT2D eigenvalue weighted by molar-refractivity contribution is 1.28. The molecule has 258 valence electrons. The summed E-state index contributed by atoms with van der Waals surface area (Å²) in [5, 5.41) is 0. The fourth-order valence-corrected chi connectivity index (χ4v) is 8.25. The quantitative estimate of drug-likeness (QED) is 0.167. The van der Waals surface area contributed by atoms with Crippen molar-refractivity contribution in [2.75, 3.05) is 4.90 Å². The second-order valence-electron chi connectivity index (χ2n) is 14.1. The number of hydrogen-bond acceptors (Lipinski definition) is 1. The number of anilines is 3. The molecule has 0 N–H and O–H groups in total. The molecule has 0 aliphatic heterocycles. The van der Waals surface area contributed by atoms with E-state index in [0.29, 0.717) is 0 Å². The molecule has 0 unspecified atom stereocenters. The molecular formula is C54H37N. The van der Waals surface area contributed by atoms with Gasteiger partial charge in [0.2, 0.25) is 0 Å². The van der Waals surface area contributed by atoms with Crippen molar-refractivity contribution in [2.45, 2.75) is 0 Å². The van der Waals surface area contributed by atoms with Gasteiger partial charge >= 0.3 is 0 Å². The Labute approximate surface area is 323 Å². The van der Waals surface area contributed by atoms with Crippen molar-refractivity contribution in [1.29, 1.82) is 0 Å². The molecule has 0 amide bonds. The monoisotopic (exact) mass is 699 g/mol. The lowest BCUT2D eigenvalue weighted by atomic mass is 9.78. The normalized spacial score (nSPS) is 11.3. The molecule has 0 spiro atoms. The Bertz CT molecular complexity index is 2680. The molecule has 1 heteroatoms. The lowest BCUT2D eigenvalue weighted by Crippen LogP contribution is -2.09. The Balaban J connectivity index is 1.10. The van der Waals surface area contributed by atoms with Crippen LogP contribution in [0.25, 0.3) is 77.9 Å². The standard InChI is InChI=1S/C54H37N/c1-3-14-38(15-4-1)40-26-32-43(33-27-40)55(44-34-28-41(29-35-44)39-16-5-2-6-17-39)45-36-30-42(31-37-45)46-24-13-25-53-51-21-10-9-20-49(51)47-18-7-8-19-48(47)50-22-11-12-23-52(50)54(46)53/h1-37H. The molecular weight excluding hydrogens is 663 g/mol. The first kappa shape index (κ1) is 32.4. The minimum Gasteiger partial charge on any atom is -0.311 e. The second kappa shape index (κ2) is 14.0. The van der Waals surface area contributed by atoms with Crippen LogP contribution < -0.4 is 4.90 Å². The van der Waals surface area contributed by atoms with Gasteiger partial charge < -0.3 is 4.90 Å². The molecule has 0 heterocycles. The maximum absolute atomic E-state index is 2.35. The summed E-state index contributed by atoms with van der Waals surface area (Å²) in [6.45, 7) is 0. The zero-order chi connectivity index (χ0) is 36.6. The van der Waals surface area contributed by atoms with Gasteiger partial charge in [-0.25, -0.2) is 0 Å². The van der Waals surface area contributed by atoms with E-state index in [-0.39, 0.29) is 0 Å². The Kier molecular flexibility index (Phi) is 8.24. The minimum absolute atomic E-state index is 1.10. The molecule has 9 aromatic rings. The highest BCUT2D eigenvalue weighted by molar-refractivity contribution is 6.07. The van der Waals surface area contributed by atoms with E-state index in [1.54, 1.807) is 0 Å². The van der Waals surface area contributed by atoms with E-state index in [2.05, 4.69) is 229 Å². The van der Waals surface area contributed by atoms with Crippen LogP contribution >= 0.6 is 0 Å². The number of hydrogen-bond donors (Lipinski definition) is 0. The van der Waals surface area contributed by atoms with Crippen molar-refractivity contribution in [2.24, 2.45) is 0 Å². The predicted molar refractivity (Wildman–Crippen MR) is 233 cm³/mol. The summed E-state index contributed by atoms with van der Waals surface area (Å²) >= 11 is 0. The van der Waals surface area contributed by atoms with Crippen molar-refractivity contribution in [3.63, 3.8) is 0 Å². The van der Waals surface area contributed by atoms with E-state index in [4.69, 9.17) is 0 Å². The fourth-order valence-electron chi connectivity index (χ4n) is 8.25. The Morgan fingerprint density at radius 2 is 0.473 bits per heavy atom. The van der Waals surface area contributed by atoms with Gasteiger partial charge in [0.05, 0.1) is 0 Å². The van der Waals surface area contributed by atoms with Crippen LogP contribution in [0.3, 0.4) is 0 Å². The fraction of sp³-hybridized carbons (Fsp3) is 0. The van der Waals surface area contributed by atoms with Crippen LogP contribution in [0.5, 0.6) is 0 Å². The van der Waals surface area contributed by atoms with Gasteiger partial charge in [-0.2, -0.15) is 0 Å². The molecule has 0 saturated carbocycles. The molecule has 1 nitrogen and oxygen atoms in total. The van der Waals surface area contributed by atoms with E-state index >= 15 is 0 Å². The summed E-state index contributed by atoms with van der Waals surface area (Å²) in [7, 11) is 0. The first-order chi connectivity index (χ1) is 27.3. The first-order valence-corrected chi connectivity index (χ1v) is 18.9. The van der Waals surface area contributed by atoms with Crippen LogP contribution in [0.15, 0.2) is 224 Å². The van der Waals surface area contributed by atoms with Crippen molar-refractivity contribution in [3.05, 3.63) is 224 Å². The largest absolute Gasteiger partial charge is 0.311 e.